The second kappa shape index (κ2) is 11.2. The Morgan fingerprint density at radius 1 is 1.38 bits per heavy atom. The molecule has 1 amide bonds. The number of amides is 1. The summed E-state index contributed by atoms with van der Waals surface area (Å²) in [5.41, 5.74) is 7.30. The molecule has 138 valence electrons. The average molecular weight is 338 g/mol. The Labute approximate surface area is 147 Å². The summed E-state index contributed by atoms with van der Waals surface area (Å²) in [4.78, 5) is 19.4. The first kappa shape index (κ1) is 20.7. The topological polar surface area (TPSA) is 67.9 Å². The van der Waals surface area contributed by atoms with E-state index in [0.717, 1.165) is 50.6 Å². The number of nitrogens with zero attached hydrogens (tertiary/aromatic N) is 2. The van der Waals surface area contributed by atoms with Crippen molar-refractivity contribution in [3.05, 3.63) is 11.4 Å². The number of aliphatic imine (C=N–C) groups is 1. The van der Waals surface area contributed by atoms with E-state index >= 15 is 0 Å². The van der Waals surface area contributed by atoms with Gasteiger partial charge in [0, 0.05) is 19.4 Å². The highest BCUT2D eigenvalue weighted by molar-refractivity contribution is 5.80. The molecule has 1 fully saturated rings. The summed E-state index contributed by atoms with van der Waals surface area (Å²) < 4.78 is 5.41. The third kappa shape index (κ3) is 5.93. The van der Waals surface area contributed by atoms with Crippen LogP contribution in [0.5, 0.6) is 0 Å². The Balaban J connectivity index is 3.02. The van der Waals surface area contributed by atoms with Crippen molar-refractivity contribution >= 4 is 12.1 Å². The van der Waals surface area contributed by atoms with E-state index in [1.807, 2.05) is 18.0 Å². The van der Waals surface area contributed by atoms with Gasteiger partial charge in [-0.15, -0.1) is 0 Å². The van der Waals surface area contributed by atoms with Crippen LogP contribution in [0.2, 0.25) is 0 Å². The molecule has 1 heterocycles. The number of rotatable bonds is 10. The summed E-state index contributed by atoms with van der Waals surface area (Å²) in [6.07, 6.45) is 7.43. The fourth-order valence-corrected chi connectivity index (χ4v) is 3.07. The first-order chi connectivity index (χ1) is 11.6. The molecule has 1 saturated heterocycles. The van der Waals surface area contributed by atoms with Crippen LogP contribution >= 0.6 is 0 Å². The third-order valence-electron chi connectivity index (χ3n) is 4.55. The van der Waals surface area contributed by atoms with Crippen LogP contribution in [0.1, 0.15) is 66.2 Å². The van der Waals surface area contributed by atoms with Crippen LogP contribution in [0, 0.1) is 5.92 Å². The predicted octanol–water partition coefficient (Wildman–Crippen LogP) is 3.49. The highest BCUT2D eigenvalue weighted by Gasteiger charge is 2.31. The SMILES string of the molecule is CCC=NC(N)=C(CCC)[C@@H](C)N(CCCC)C(=O)C1CCOC1. The Hall–Kier alpha value is -1.36. The molecule has 0 aromatic carbocycles. The molecule has 1 rings (SSSR count). The van der Waals surface area contributed by atoms with Crippen molar-refractivity contribution < 1.29 is 9.53 Å². The molecule has 1 aliphatic heterocycles. The average Bonchev–Trinajstić information content (AvgIpc) is 3.12. The van der Waals surface area contributed by atoms with Gasteiger partial charge in [-0.25, -0.2) is 4.99 Å². The zero-order valence-corrected chi connectivity index (χ0v) is 15.9. The van der Waals surface area contributed by atoms with Crippen molar-refractivity contribution in [2.24, 2.45) is 16.6 Å². The van der Waals surface area contributed by atoms with E-state index in [-0.39, 0.29) is 17.9 Å². The Morgan fingerprint density at radius 3 is 2.67 bits per heavy atom. The molecule has 24 heavy (non-hydrogen) atoms. The van der Waals surface area contributed by atoms with Crippen molar-refractivity contribution in [2.75, 3.05) is 19.8 Å². The quantitative estimate of drug-likeness (QED) is 0.620. The van der Waals surface area contributed by atoms with E-state index in [1.54, 1.807) is 0 Å². The molecule has 0 bridgehead atoms. The molecule has 0 radical (unpaired) electrons. The lowest BCUT2D eigenvalue weighted by atomic mass is 9.99. The lowest BCUT2D eigenvalue weighted by molar-refractivity contribution is -0.137. The van der Waals surface area contributed by atoms with Gasteiger partial charge in [0.1, 0.15) is 5.82 Å². The van der Waals surface area contributed by atoms with E-state index in [9.17, 15) is 4.79 Å². The van der Waals surface area contributed by atoms with Gasteiger partial charge in [-0.3, -0.25) is 4.79 Å². The minimum absolute atomic E-state index is 0.00690. The van der Waals surface area contributed by atoms with Crippen LogP contribution in [0.3, 0.4) is 0 Å². The smallest absolute Gasteiger partial charge is 0.228 e. The van der Waals surface area contributed by atoms with Crippen molar-refractivity contribution in [3.63, 3.8) is 0 Å². The molecule has 0 aliphatic carbocycles. The van der Waals surface area contributed by atoms with Crippen LogP contribution in [0.25, 0.3) is 0 Å². The molecule has 2 N–H and O–H groups in total. The van der Waals surface area contributed by atoms with Crippen LogP contribution in [-0.4, -0.2) is 42.8 Å². The van der Waals surface area contributed by atoms with E-state index in [2.05, 4.69) is 25.8 Å². The molecule has 1 aliphatic rings. The number of ether oxygens (including phenoxy) is 1. The lowest BCUT2D eigenvalue weighted by Crippen LogP contribution is -2.44. The second-order valence-corrected chi connectivity index (χ2v) is 6.50. The molecule has 1 unspecified atom stereocenters. The van der Waals surface area contributed by atoms with Gasteiger partial charge in [0.25, 0.3) is 0 Å². The fraction of sp³-hybridized carbons (Fsp3) is 0.789. The van der Waals surface area contributed by atoms with Gasteiger partial charge in [0.15, 0.2) is 0 Å². The van der Waals surface area contributed by atoms with Crippen molar-refractivity contribution in [1.82, 2.24) is 4.90 Å². The highest BCUT2D eigenvalue weighted by Crippen LogP contribution is 2.24. The maximum Gasteiger partial charge on any atom is 0.228 e. The fourth-order valence-electron chi connectivity index (χ4n) is 3.07. The number of carbonyl (C=O) groups excluding carboxylic acids is 1. The molecular weight excluding hydrogens is 302 g/mol. The molecule has 5 heteroatoms. The van der Waals surface area contributed by atoms with Gasteiger partial charge in [-0.1, -0.05) is 33.6 Å². The molecule has 0 saturated carbocycles. The number of hydrogen-bond donors (Lipinski definition) is 1. The van der Waals surface area contributed by atoms with E-state index in [4.69, 9.17) is 10.5 Å². The van der Waals surface area contributed by atoms with Gasteiger partial charge in [0.05, 0.1) is 18.6 Å². The van der Waals surface area contributed by atoms with Gasteiger partial charge >= 0.3 is 0 Å². The maximum atomic E-state index is 13.0. The maximum absolute atomic E-state index is 13.0. The Bertz CT molecular complexity index is 440. The number of nitrogens with two attached hydrogens (primary N) is 1. The van der Waals surface area contributed by atoms with Crippen molar-refractivity contribution in [1.29, 1.82) is 0 Å². The number of hydrogen-bond acceptors (Lipinski definition) is 4. The van der Waals surface area contributed by atoms with Crippen molar-refractivity contribution in [2.45, 2.75) is 72.3 Å². The van der Waals surface area contributed by atoms with Crippen LogP contribution in [0.4, 0.5) is 0 Å². The minimum Gasteiger partial charge on any atom is -0.384 e. The van der Waals surface area contributed by atoms with Crippen LogP contribution in [-0.2, 0) is 9.53 Å². The molecular formula is C19H35N3O2. The summed E-state index contributed by atoms with van der Waals surface area (Å²) in [5.74, 6) is 0.769. The highest BCUT2D eigenvalue weighted by atomic mass is 16.5. The lowest BCUT2D eigenvalue weighted by Gasteiger charge is -2.33. The van der Waals surface area contributed by atoms with E-state index in [1.165, 1.54) is 0 Å². The molecule has 5 nitrogen and oxygen atoms in total. The monoisotopic (exact) mass is 337 g/mol. The largest absolute Gasteiger partial charge is 0.384 e. The summed E-state index contributed by atoms with van der Waals surface area (Å²) in [6.45, 7) is 10.4. The first-order valence-electron chi connectivity index (χ1n) is 9.45. The summed E-state index contributed by atoms with van der Waals surface area (Å²) in [5, 5.41) is 0. The summed E-state index contributed by atoms with van der Waals surface area (Å²) >= 11 is 0. The number of carbonyl (C=O) groups is 1. The standard InChI is InChI=1S/C19H35N3O2/c1-5-8-12-22(19(23)16-10-13-24-14-16)15(4)17(9-6-2)18(20)21-11-7-3/h11,15-16H,5-10,12-14,20H2,1-4H3/t15-,16?/m1/s1. The van der Waals surface area contributed by atoms with Crippen LogP contribution in [0.15, 0.2) is 16.4 Å². The third-order valence-corrected chi connectivity index (χ3v) is 4.55. The molecule has 0 spiro atoms. The van der Waals surface area contributed by atoms with E-state index < -0.39 is 0 Å². The summed E-state index contributed by atoms with van der Waals surface area (Å²) in [6, 6.07) is -0.0152. The molecule has 2 atom stereocenters. The van der Waals surface area contributed by atoms with E-state index in [0.29, 0.717) is 19.0 Å². The van der Waals surface area contributed by atoms with Gasteiger partial charge in [-0.05, 0) is 38.2 Å². The minimum atomic E-state index is -0.0152. The second-order valence-electron chi connectivity index (χ2n) is 6.50. The van der Waals surface area contributed by atoms with Gasteiger partial charge in [0.2, 0.25) is 5.91 Å². The van der Waals surface area contributed by atoms with Gasteiger partial charge in [-0.2, -0.15) is 0 Å². The zero-order valence-electron chi connectivity index (χ0n) is 15.9. The summed E-state index contributed by atoms with van der Waals surface area (Å²) in [7, 11) is 0. The normalized spacial score (nSPS) is 20.2. The molecule has 0 aromatic rings. The zero-order chi connectivity index (χ0) is 17.9. The Kier molecular flexibility index (Phi) is 9.69. The van der Waals surface area contributed by atoms with Gasteiger partial charge < -0.3 is 15.4 Å². The Morgan fingerprint density at radius 2 is 2.12 bits per heavy atom. The predicted molar refractivity (Wildman–Crippen MR) is 99.9 cm³/mol. The molecule has 0 aromatic heterocycles. The van der Waals surface area contributed by atoms with Crippen molar-refractivity contribution in [3.8, 4) is 0 Å². The number of unbranched alkanes of at least 4 members (excludes halogenated alkanes) is 1. The first-order valence-corrected chi connectivity index (χ1v) is 9.45. The van der Waals surface area contributed by atoms with Crippen LogP contribution < -0.4 is 5.73 Å².